The van der Waals surface area contributed by atoms with E-state index in [1.54, 1.807) is 4.90 Å². The molecule has 2 fully saturated rings. The molecule has 3 rings (SSSR count). The summed E-state index contributed by atoms with van der Waals surface area (Å²) in [5, 5.41) is 5.90. The van der Waals surface area contributed by atoms with Crippen LogP contribution in [0.4, 0.5) is 8.78 Å². The number of likely N-dealkylation sites (tertiary alicyclic amines) is 2. The molecule has 1 aromatic rings. The largest absolute Gasteiger partial charge is 0.334 e. The summed E-state index contributed by atoms with van der Waals surface area (Å²) >= 11 is 0. The highest BCUT2D eigenvalue weighted by atomic mass is 19.3. The van der Waals surface area contributed by atoms with Crippen LogP contribution in [0.1, 0.15) is 48.8 Å². The van der Waals surface area contributed by atoms with E-state index in [-0.39, 0.29) is 17.3 Å². The summed E-state index contributed by atoms with van der Waals surface area (Å²) in [6, 6.07) is 2.11. The van der Waals surface area contributed by atoms with Crippen LogP contribution in [-0.2, 0) is 0 Å². The number of alkyl halides is 2. The lowest BCUT2D eigenvalue weighted by atomic mass is 9.97. The molecule has 2 saturated heterocycles. The monoisotopic (exact) mass is 298 g/mol. The maximum absolute atomic E-state index is 12.5. The standard InChI is InChI=1S/C14H20F2N4O/c1-9-4-2-3-5-20(9)10-7-19(8-10)14(21)12-6-11(13(15)16)17-18-12/h6,9-10,13H,2-5,7-8H2,1H3,(H,17,18). The molecule has 1 aromatic heterocycles. The van der Waals surface area contributed by atoms with E-state index >= 15 is 0 Å². The van der Waals surface area contributed by atoms with Gasteiger partial charge in [0.15, 0.2) is 5.69 Å². The van der Waals surface area contributed by atoms with Crippen molar-refractivity contribution < 1.29 is 13.6 Å². The van der Waals surface area contributed by atoms with Gasteiger partial charge in [-0.1, -0.05) is 6.42 Å². The van der Waals surface area contributed by atoms with Crippen molar-refractivity contribution in [3.8, 4) is 0 Å². The molecule has 1 amide bonds. The van der Waals surface area contributed by atoms with Gasteiger partial charge in [0, 0.05) is 25.2 Å². The first kappa shape index (κ1) is 14.4. The lowest BCUT2D eigenvalue weighted by molar-refractivity contribution is 0.00181. The number of hydrogen-bond acceptors (Lipinski definition) is 3. The number of nitrogens with one attached hydrogen (secondary N) is 1. The molecule has 0 aromatic carbocycles. The van der Waals surface area contributed by atoms with E-state index in [4.69, 9.17) is 0 Å². The maximum atomic E-state index is 12.5. The second kappa shape index (κ2) is 5.71. The first-order chi connectivity index (χ1) is 10.1. The average molecular weight is 298 g/mol. The van der Waals surface area contributed by atoms with Crippen molar-refractivity contribution in [1.29, 1.82) is 0 Å². The third-order valence-electron chi connectivity index (χ3n) is 4.52. The van der Waals surface area contributed by atoms with E-state index < -0.39 is 6.43 Å². The molecular weight excluding hydrogens is 278 g/mol. The zero-order chi connectivity index (χ0) is 15.0. The minimum Gasteiger partial charge on any atom is -0.334 e. The fraction of sp³-hybridized carbons (Fsp3) is 0.714. The fourth-order valence-electron chi connectivity index (χ4n) is 3.21. The normalized spacial score (nSPS) is 24.4. The van der Waals surface area contributed by atoms with Gasteiger partial charge >= 0.3 is 0 Å². The second-order valence-corrected chi connectivity index (χ2v) is 5.96. The maximum Gasteiger partial charge on any atom is 0.279 e. The van der Waals surface area contributed by atoms with Gasteiger partial charge in [-0.05, 0) is 32.4 Å². The van der Waals surface area contributed by atoms with Gasteiger partial charge in [0.2, 0.25) is 0 Å². The van der Waals surface area contributed by atoms with Crippen molar-refractivity contribution in [2.75, 3.05) is 19.6 Å². The molecule has 3 heterocycles. The van der Waals surface area contributed by atoms with Crippen molar-refractivity contribution >= 4 is 5.91 Å². The number of carbonyl (C=O) groups is 1. The van der Waals surface area contributed by atoms with Crippen LogP contribution < -0.4 is 0 Å². The number of nitrogens with zero attached hydrogens (tertiary/aromatic N) is 3. The highest BCUT2D eigenvalue weighted by Gasteiger charge is 2.38. The molecule has 7 heteroatoms. The number of aromatic nitrogens is 2. The molecule has 2 aliphatic heterocycles. The Morgan fingerprint density at radius 3 is 2.81 bits per heavy atom. The predicted octanol–water partition coefficient (Wildman–Crippen LogP) is 2.05. The molecule has 0 radical (unpaired) electrons. The highest BCUT2D eigenvalue weighted by molar-refractivity contribution is 5.93. The van der Waals surface area contributed by atoms with Crippen molar-refractivity contribution in [3.05, 3.63) is 17.5 Å². The lowest BCUT2D eigenvalue weighted by Gasteiger charge is -2.49. The number of hydrogen-bond donors (Lipinski definition) is 1. The van der Waals surface area contributed by atoms with Crippen molar-refractivity contribution in [3.63, 3.8) is 0 Å². The molecule has 1 unspecified atom stereocenters. The van der Waals surface area contributed by atoms with E-state index in [9.17, 15) is 13.6 Å². The zero-order valence-corrected chi connectivity index (χ0v) is 12.1. The molecule has 21 heavy (non-hydrogen) atoms. The Labute approximate surface area is 122 Å². The lowest BCUT2D eigenvalue weighted by Crippen LogP contribution is -2.63. The number of halogens is 2. The molecule has 2 aliphatic rings. The number of rotatable bonds is 3. The van der Waals surface area contributed by atoms with Crippen LogP contribution in [0.25, 0.3) is 0 Å². The first-order valence-electron chi connectivity index (χ1n) is 7.44. The second-order valence-electron chi connectivity index (χ2n) is 5.96. The molecule has 0 aliphatic carbocycles. The summed E-state index contributed by atoms with van der Waals surface area (Å²) in [4.78, 5) is 16.3. The minimum atomic E-state index is -2.63. The number of piperidine rings is 1. The minimum absolute atomic E-state index is 0.0791. The Bertz CT molecular complexity index is 513. The number of aromatic amines is 1. The Kier molecular flexibility index (Phi) is 3.93. The SMILES string of the molecule is CC1CCCCN1C1CN(C(=O)c2cc(C(F)F)[nH]n2)C1. The van der Waals surface area contributed by atoms with Gasteiger partial charge in [0.05, 0.1) is 0 Å². The molecule has 1 atom stereocenters. The van der Waals surface area contributed by atoms with Gasteiger partial charge in [-0.25, -0.2) is 8.78 Å². The Balaban J connectivity index is 1.56. The van der Waals surface area contributed by atoms with Crippen LogP contribution in [0, 0.1) is 0 Å². The van der Waals surface area contributed by atoms with Crippen molar-refractivity contribution in [2.24, 2.45) is 0 Å². The van der Waals surface area contributed by atoms with Crippen LogP contribution >= 0.6 is 0 Å². The molecule has 5 nitrogen and oxygen atoms in total. The average Bonchev–Trinajstić information content (AvgIpc) is 2.89. The summed E-state index contributed by atoms with van der Waals surface area (Å²) in [5.41, 5.74) is -0.226. The summed E-state index contributed by atoms with van der Waals surface area (Å²) in [6.07, 6.45) is 1.07. The smallest absolute Gasteiger partial charge is 0.279 e. The quantitative estimate of drug-likeness (QED) is 0.929. The van der Waals surface area contributed by atoms with Gasteiger partial charge < -0.3 is 4.90 Å². The summed E-state index contributed by atoms with van der Waals surface area (Å²) in [6.45, 7) is 4.65. The first-order valence-corrected chi connectivity index (χ1v) is 7.44. The molecule has 0 spiro atoms. The van der Waals surface area contributed by atoms with E-state index in [2.05, 4.69) is 22.0 Å². The zero-order valence-electron chi connectivity index (χ0n) is 12.1. The Hall–Kier alpha value is -1.50. The molecule has 0 saturated carbocycles. The summed E-state index contributed by atoms with van der Waals surface area (Å²) in [5.74, 6) is -0.265. The van der Waals surface area contributed by atoms with E-state index in [0.29, 0.717) is 25.2 Å². The number of amides is 1. The molecule has 0 bridgehead atoms. The predicted molar refractivity (Wildman–Crippen MR) is 73.3 cm³/mol. The Morgan fingerprint density at radius 1 is 1.43 bits per heavy atom. The van der Waals surface area contributed by atoms with Gasteiger partial charge in [-0.3, -0.25) is 14.8 Å². The molecular formula is C14H20F2N4O. The molecule has 1 N–H and O–H groups in total. The van der Waals surface area contributed by atoms with E-state index in [1.807, 2.05) is 0 Å². The van der Waals surface area contributed by atoms with Gasteiger partial charge in [0.1, 0.15) is 5.69 Å². The number of carbonyl (C=O) groups excluding carboxylic acids is 1. The van der Waals surface area contributed by atoms with Gasteiger partial charge in [-0.15, -0.1) is 0 Å². The van der Waals surface area contributed by atoms with E-state index in [0.717, 1.165) is 12.6 Å². The van der Waals surface area contributed by atoms with Gasteiger partial charge in [-0.2, -0.15) is 5.10 Å². The van der Waals surface area contributed by atoms with Crippen LogP contribution in [-0.4, -0.2) is 57.6 Å². The van der Waals surface area contributed by atoms with Crippen LogP contribution in [0.2, 0.25) is 0 Å². The number of H-pyrrole nitrogens is 1. The summed E-state index contributed by atoms with van der Waals surface area (Å²) in [7, 11) is 0. The Morgan fingerprint density at radius 2 is 2.19 bits per heavy atom. The van der Waals surface area contributed by atoms with Crippen LogP contribution in [0.3, 0.4) is 0 Å². The van der Waals surface area contributed by atoms with Crippen LogP contribution in [0.5, 0.6) is 0 Å². The summed E-state index contributed by atoms with van der Waals surface area (Å²) < 4.78 is 25.0. The van der Waals surface area contributed by atoms with Crippen molar-refractivity contribution in [2.45, 2.75) is 44.7 Å². The topological polar surface area (TPSA) is 52.2 Å². The third kappa shape index (κ3) is 2.79. The highest BCUT2D eigenvalue weighted by Crippen LogP contribution is 2.25. The van der Waals surface area contributed by atoms with Gasteiger partial charge in [0.25, 0.3) is 12.3 Å². The fourth-order valence-corrected chi connectivity index (χ4v) is 3.21. The van der Waals surface area contributed by atoms with Crippen LogP contribution in [0.15, 0.2) is 6.07 Å². The third-order valence-corrected chi connectivity index (χ3v) is 4.52. The van der Waals surface area contributed by atoms with E-state index in [1.165, 1.54) is 19.3 Å². The van der Waals surface area contributed by atoms with Crippen molar-refractivity contribution in [1.82, 2.24) is 20.0 Å². The molecule has 116 valence electrons.